The fraction of sp³-hybridized carbons (Fsp3) is 0.292. The minimum Gasteiger partial charge on any atom is -0.394 e. The van der Waals surface area contributed by atoms with Gasteiger partial charge in [0.25, 0.3) is 5.69 Å². The molecular weight excluding hydrogens is 470 g/mol. The Morgan fingerprint density at radius 1 is 1.21 bits per heavy atom. The van der Waals surface area contributed by atoms with E-state index in [1.807, 2.05) is 38.1 Å². The van der Waals surface area contributed by atoms with E-state index in [0.717, 1.165) is 32.7 Å². The molecule has 0 spiro atoms. The first-order valence-corrected chi connectivity index (χ1v) is 12.6. The lowest BCUT2D eigenvalue weighted by Gasteiger charge is -2.31. The van der Waals surface area contributed by atoms with Crippen LogP contribution in [0.2, 0.25) is 0 Å². The predicted octanol–water partition coefficient (Wildman–Crippen LogP) is 4.99. The first-order valence-electron chi connectivity index (χ1n) is 10.8. The van der Waals surface area contributed by atoms with E-state index < -0.39 is 5.54 Å². The van der Waals surface area contributed by atoms with Crippen molar-refractivity contribution in [3.8, 4) is 0 Å². The monoisotopic (exact) mass is 497 g/mol. The van der Waals surface area contributed by atoms with Gasteiger partial charge in [-0.25, -0.2) is 4.98 Å². The molecule has 1 aliphatic rings. The van der Waals surface area contributed by atoms with Gasteiger partial charge in [-0.2, -0.15) is 0 Å². The number of aromatic nitrogens is 1. The first-order chi connectivity index (χ1) is 16.3. The van der Waals surface area contributed by atoms with Gasteiger partial charge in [0, 0.05) is 30.6 Å². The Balaban J connectivity index is 1.51. The van der Waals surface area contributed by atoms with Crippen LogP contribution in [0, 0.1) is 10.1 Å². The molecule has 1 aromatic heterocycles. The molecular formula is C24H27N5O3S2. The normalized spacial score (nSPS) is 13.3. The number of anilines is 1. The minimum absolute atomic E-state index is 0.0150. The molecule has 0 amide bonds. The zero-order valence-corrected chi connectivity index (χ0v) is 20.7. The van der Waals surface area contributed by atoms with Crippen LogP contribution in [0.15, 0.2) is 60.8 Å². The maximum absolute atomic E-state index is 11.0. The Bertz CT molecular complexity index is 1180. The number of nitro benzene ring substituents is 1. The highest BCUT2D eigenvalue weighted by Gasteiger charge is 2.27. The number of nitrogens with one attached hydrogen (secondary N) is 2. The summed E-state index contributed by atoms with van der Waals surface area (Å²) in [6.07, 6.45) is 2.05. The molecule has 1 aliphatic heterocycles. The largest absolute Gasteiger partial charge is 0.394 e. The summed E-state index contributed by atoms with van der Waals surface area (Å²) in [5.74, 6) is 0.847. The number of fused-ring (bicyclic) bond motifs is 1. The highest BCUT2D eigenvalue weighted by molar-refractivity contribution is 7.96. The summed E-state index contributed by atoms with van der Waals surface area (Å²) < 4.78 is 2.19. The van der Waals surface area contributed by atoms with Gasteiger partial charge in [-0.1, -0.05) is 53.8 Å². The second kappa shape index (κ2) is 10.5. The standard InChI is InChI=1S/C24H27N5O3S2/c1-24(2,16-30)27-20-13-28(33-15-17-7-4-3-5-8-17)14-21-22(20)26-23(34-21)25-12-18-9-6-10-19(11-18)29(31)32/h3-11,13,27,30H,12,14-16H2,1-2H3,(H,25,26). The number of hydrogen-bond donors (Lipinski definition) is 3. The second-order valence-corrected chi connectivity index (χ2v) is 10.7. The molecule has 10 heteroatoms. The van der Waals surface area contributed by atoms with Gasteiger partial charge in [0.2, 0.25) is 0 Å². The second-order valence-electron chi connectivity index (χ2n) is 8.62. The SMILES string of the molecule is CC(C)(CO)NC1=CN(SCc2ccccc2)Cc2sc(NCc3cccc([N+](=O)[O-])c3)nc21. The van der Waals surface area contributed by atoms with Crippen LogP contribution in [0.25, 0.3) is 5.70 Å². The Kier molecular flexibility index (Phi) is 7.40. The van der Waals surface area contributed by atoms with E-state index in [4.69, 9.17) is 4.98 Å². The van der Waals surface area contributed by atoms with Gasteiger partial charge >= 0.3 is 0 Å². The van der Waals surface area contributed by atoms with E-state index in [1.165, 1.54) is 11.6 Å². The summed E-state index contributed by atoms with van der Waals surface area (Å²) in [5.41, 5.74) is 3.36. The predicted molar refractivity (Wildman–Crippen MR) is 138 cm³/mol. The van der Waals surface area contributed by atoms with Gasteiger partial charge in [-0.05, 0) is 36.9 Å². The number of non-ortho nitro benzene ring substituents is 1. The van der Waals surface area contributed by atoms with Crippen LogP contribution in [-0.4, -0.2) is 31.5 Å². The Hall–Kier alpha value is -3.08. The molecule has 34 heavy (non-hydrogen) atoms. The van der Waals surface area contributed by atoms with Crippen molar-refractivity contribution in [1.29, 1.82) is 0 Å². The zero-order chi connectivity index (χ0) is 24.1. The molecule has 0 fully saturated rings. The number of nitro groups is 1. The highest BCUT2D eigenvalue weighted by atomic mass is 32.2. The molecule has 178 valence electrons. The fourth-order valence-electron chi connectivity index (χ4n) is 3.41. The van der Waals surface area contributed by atoms with Crippen LogP contribution in [0.5, 0.6) is 0 Å². The molecule has 0 saturated carbocycles. The molecule has 0 radical (unpaired) electrons. The van der Waals surface area contributed by atoms with Crippen molar-refractivity contribution in [3.05, 3.63) is 92.6 Å². The summed E-state index contributed by atoms with van der Waals surface area (Å²) in [7, 11) is 0. The third-order valence-corrected chi connectivity index (χ3v) is 7.22. The Morgan fingerprint density at radius 2 is 1.97 bits per heavy atom. The highest BCUT2D eigenvalue weighted by Crippen LogP contribution is 2.36. The summed E-state index contributed by atoms with van der Waals surface area (Å²) in [6, 6.07) is 16.9. The van der Waals surface area contributed by atoms with Gasteiger partial charge in [0.1, 0.15) is 5.69 Å². The molecule has 0 saturated heterocycles. The first kappa shape index (κ1) is 24.1. The van der Waals surface area contributed by atoms with Crippen LogP contribution in [-0.2, 0) is 18.8 Å². The molecule has 4 rings (SSSR count). The summed E-state index contributed by atoms with van der Waals surface area (Å²) in [4.78, 5) is 16.6. The molecule has 2 heterocycles. The molecule has 0 aliphatic carbocycles. The maximum atomic E-state index is 11.0. The smallest absolute Gasteiger partial charge is 0.269 e. The van der Waals surface area contributed by atoms with Crippen LogP contribution in [0.1, 0.15) is 35.5 Å². The van der Waals surface area contributed by atoms with Crippen molar-refractivity contribution < 1.29 is 10.0 Å². The number of aliphatic hydroxyl groups excluding tert-OH is 1. The third-order valence-electron chi connectivity index (χ3n) is 5.20. The van der Waals surface area contributed by atoms with Gasteiger partial charge in [-0.15, -0.1) is 0 Å². The van der Waals surface area contributed by atoms with Crippen LogP contribution >= 0.6 is 23.3 Å². The average molecular weight is 498 g/mol. The Labute approximate surface area is 207 Å². The van der Waals surface area contributed by atoms with Crippen LogP contribution in [0.4, 0.5) is 10.8 Å². The van der Waals surface area contributed by atoms with E-state index in [2.05, 4.69) is 33.3 Å². The lowest BCUT2D eigenvalue weighted by molar-refractivity contribution is -0.384. The lowest BCUT2D eigenvalue weighted by atomic mass is 10.1. The summed E-state index contributed by atoms with van der Waals surface area (Å²) in [6.45, 7) is 5.02. The van der Waals surface area contributed by atoms with Crippen LogP contribution in [0.3, 0.4) is 0 Å². The number of thiazole rings is 1. The van der Waals surface area contributed by atoms with E-state index in [1.54, 1.807) is 35.4 Å². The molecule has 0 unspecified atom stereocenters. The van der Waals surface area contributed by atoms with Gasteiger partial charge in [0.05, 0.1) is 34.2 Å². The van der Waals surface area contributed by atoms with E-state index in [0.29, 0.717) is 13.1 Å². The third kappa shape index (κ3) is 6.07. The lowest BCUT2D eigenvalue weighted by Crippen LogP contribution is -2.42. The zero-order valence-electron chi connectivity index (χ0n) is 19.0. The quantitative estimate of drug-likeness (QED) is 0.205. The number of nitrogens with zero attached hydrogens (tertiary/aromatic N) is 3. The maximum Gasteiger partial charge on any atom is 0.269 e. The molecule has 2 aromatic carbocycles. The van der Waals surface area contributed by atoms with E-state index in [9.17, 15) is 15.2 Å². The molecule has 0 bridgehead atoms. The van der Waals surface area contributed by atoms with Crippen LogP contribution < -0.4 is 10.6 Å². The molecule has 8 nitrogen and oxygen atoms in total. The Morgan fingerprint density at radius 3 is 2.71 bits per heavy atom. The topological polar surface area (TPSA) is 104 Å². The van der Waals surface area contributed by atoms with E-state index >= 15 is 0 Å². The summed E-state index contributed by atoms with van der Waals surface area (Å²) in [5, 5.41) is 28.3. The van der Waals surface area contributed by atoms with Crippen molar-refractivity contribution in [2.45, 2.75) is 38.2 Å². The molecule has 3 aromatic rings. The van der Waals surface area contributed by atoms with Crippen molar-refractivity contribution in [3.63, 3.8) is 0 Å². The fourth-order valence-corrected chi connectivity index (χ4v) is 5.37. The van der Waals surface area contributed by atoms with Crippen molar-refractivity contribution in [2.75, 3.05) is 11.9 Å². The van der Waals surface area contributed by atoms with Gasteiger partial charge in [0.15, 0.2) is 5.13 Å². The molecule has 0 atom stereocenters. The van der Waals surface area contributed by atoms with Crippen molar-refractivity contribution >= 4 is 39.8 Å². The number of hydrogen-bond acceptors (Lipinski definition) is 9. The van der Waals surface area contributed by atoms with E-state index in [-0.39, 0.29) is 17.2 Å². The number of rotatable bonds is 10. The van der Waals surface area contributed by atoms with Gasteiger partial charge in [-0.3, -0.25) is 10.1 Å². The number of aliphatic hydroxyl groups is 1. The number of benzene rings is 2. The average Bonchev–Trinajstić information content (AvgIpc) is 3.25. The van der Waals surface area contributed by atoms with Crippen molar-refractivity contribution in [1.82, 2.24) is 14.6 Å². The summed E-state index contributed by atoms with van der Waals surface area (Å²) >= 11 is 3.30. The van der Waals surface area contributed by atoms with Gasteiger partial charge < -0.3 is 20.0 Å². The minimum atomic E-state index is -0.504. The van der Waals surface area contributed by atoms with Crippen molar-refractivity contribution in [2.24, 2.45) is 0 Å². The molecule has 3 N–H and O–H groups in total.